The SMILES string of the molecule is CCC(CN)C(=O)N(C)CC1CCCC1. The minimum absolute atomic E-state index is 0.0244. The number of amides is 1. The van der Waals surface area contributed by atoms with Crippen molar-refractivity contribution in [1.82, 2.24) is 4.90 Å². The molecule has 3 nitrogen and oxygen atoms in total. The quantitative estimate of drug-likeness (QED) is 0.752. The summed E-state index contributed by atoms with van der Waals surface area (Å²) >= 11 is 0. The Labute approximate surface area is 93.0 Å². The first-order valence-electron chi connectivity index (χ1n) is 6.14. The number of hydrogen-bond acceptors (Lipinski definition) is 2. The molecule has 1 saturated carbocycles. The van der Waals surface area contributed by atoms with Crippen LogP contribution in [0.1, 0.15) is 39.0 Å². The maximum atomic E-state index is 11.9. The average Bonchev–Trinajstić information content (AvgIpc) is 2.72. The normalized spacial score (nSPS) is 19.1. The van der Waals surface area contributed by atoms with Crippen molar-refractivity contribution in [3.05, 3.63) is 0 Å². The van der Waals surface area contributed by atoms with Crippen LogP contribution in [0.25, 0.3) is 0 Å². The van der Waals surface area contributed by atoms with E-state index in [4.69, 9.17) is 5.73 Å². The van der Waals surface area contributed by atoms with Crippen LogP contribution < -0.4 is 5.73 Å². The average molecular weight is 212 g/mol. The van der Waals surface area contributed by atoms with Gasteiger partial charge in [-0.05, 0) is 25.2 Å². The van der Waals surface area contributed by atoms with Crippen molar-refractivity contribution >= 4 is 5.91 Å². The van der Waals surface area contributed by atoms with Crippen LogP contribution in [0.2, 0.25) is 0 Å². The topological polar surface area (TPSA) is 46.3 Å². The molecule has 1 atom stereocenters. The van der Waals surface area contributed by atoms with Crippen LogP contribution in [0.3, 0.4) is 0 Å². The minimum Gasteiger partial charge on any atom is -0.345 e. The third-order valence-corrected chi connectivity index (χ3v) is 3.51. The van der Waals surface area contributed by atoms with Crippen LogP contribution >= 0.6 is 0 Å². The van der Waals surface area contributed by atoms with E-state index >= 15 is 0 Å². The molecule has 3 heteroatoms. The summed E-state index contributed by atoms with van der Waals surface area (Å²) in [6.07, 6.45) is 6.10. The van der Waals surface area contributed by atoms with Crippen molar-refractivity contribution in [3.63, 3.8) is 0 Å². The fraction of sp³-hybridized carbons (Fsp3) is 0.917. The van der Waals surface area contributed by atoms with Crippen LogP contribution in [0.15, 0.2) is 0 Å². The summed E-state index contributed by atoms with van der Waals surface area (Å²) in [5.74, 6) is 0.984. The lowest BCUT2D eigenvalue weighted by molar-refractivity contribution is -0.134. The molecule has 0 bridgehead atoms. The van der Waals surface area contributed by atoms with Gasteiger partial charge in [0.05, 0.1) is 5.92 Å². The first-order chi connectivity index (χ1) is 7.19. The standard InChI is InChI=1S/C12H24N2O/c1-3-11(8-13)12(15)14(2)9-10-6-4-5-7-10/h10-11H,3-9,13H2,1-2H3. The van der Waals surface area contributed by atoms with Gasteiger partial charge in [-0.25, -0.2) is 0 Å². The second-order valence-electron chi connectivity index (χ2n) is 4.71. The number of nitrogens with zero attached hydrogens (tertiary/aromatic N) is 1. The summed E-state index contributed by atoms with van der Waals surface area (Å²) in [5, 5.41) is 0. The van der Waals surface area contributed by atoms with Gasteiger partial charge in [0.2, 0.25) is 5.91 Å². The van der Waals surface area contributed by atoms with Crippen molar-refractivity contribution in [1.29, 1.82) is 0 Å². The molecule has 0 aromatic carbocycles. The molecule has 0 aromatic rings. The lowest BCUT2D eigenvalue weighted by atomic mass is 10.0. The van der Waals surface area contributed by atoms with Crippen LogP contribution in [0, 0.1) is 11.8 Å². The van der Waals surface area contributed by atoms with Gasteiger partial charge in [-0.15, -0.1) is 0 Å². The number of hydrogen-bond donors (Lipinski definition) is 1. The van der Waals surface area contributed by atoms with Crippen molar-refractivity contribution in [2.45, 2.75) is 39.0 Å². The molecule has 1 rings (SSSR count). The Morgan fingerprint density at radius 3 is 2.53 bits per heavy atom. The summed E-state index contributed by atoms with van der Waals surface area (Å²) in [6, 6.07) is 0. The molecule has 2 N–H and O–H groups in total. The predicted molar refractivity (Wildman–Crippen MR) is 62.4 cm³/mol. The Kier molecular flexibility index (Phi) is 5.09. The smallest absolute Gasteiger partial charge is 0.226 e. The van der Waals surface area contributed by atoms with E-state index in [0.717, 1.165) is 18.9 Å². The summed E-state index contributed by atoms with van der Waals surface area (Å²) in [6.45, 7) is 3.43. The summed E-state index contributed by atoms with van der Waals surface area (Å²) < 4.78 is 0. The van der Waals surface area contributed by atoms with Gasteiger partial charge in [-0.3, -0.25) is 4.79 Å². The molecule has 0 aliphatic heterocycles. The molecule has 0 aromatic heterocycles. The van der Waals surface area contributed by atoms with Crippen LogP contribution in [0.4, 0.5) is 0 Å². The molecule has 15 heavy (non-hydrogen) atoms. The molecule has 1 amide bonds. The van der Waals surface area contributed by atoms with E-state index < -0.39 is 0 Å². The number of carbonyl (C=O) groups is 1. The molecule has 88 valence electrons. The number of nitrogens with two attached hydrogens (primary N) is 1. The summed E-state index contributed by atoms with van der Waals surface area (Å²) in [5.41, 5.74) is 5.58. The molecule has 1 unspecified atom stereocenters. The first-order valence-corrected chi connectivity index (χ1v) is 6.14. The zero-order valence-electron chi connectivity index (χ0n) is 10.0. The Morgan fingerprint density at radius 1 is 1.47 bits per heavy atom. The van der Waals surface area contributed by atoms with E-state index in [-0.39, 0.29) is 11.8 Å². The first kappa shape index (κ1) is 12.5. The lowest BCUT2D eigenvalue weighted by Crippen LogP contribution is -2.38. The molecular weight excluding hydrogens is 188 g/mol. The van der Waals surface area contributed by atoms with Gasteiger partial charge in [0.15, 0.2) is 0 Å². The summed E-state index contributed by atoms with van der Waals surface area (Å²) in [7, 11) is 1.92. The highest BCUT2D eigenvalue weighted by atomic mass is 16.2. The zero-order chi connectivity index (χ0) is 11.3. The fourth-order valence-electron chi connectivity index (χ4n) is 2.42. The van der Waals surface area contributed by atoms with Gasteiger partial charge in [0, 0.05) is 20.1 Å². The molecule has 1 aliphatic rings. The van der Waals surface area contributed by atoms with Gasteiger partial charge < -0.3 is 10.6 Å². The second-order valence-corrected chi connectivity index (χ2v) is 4.71. The highest BCUT2D eigenvalue weighted by Gasteiger charge is 2.23. The van der Waals surface area contributed by atoms with Crippen molar-refractivity contribution < 1.29 is 4.79 Å². The number of carbonyl (C=O) groups excluding carboxylic acids is 1. The zero-order valence-corrected chi connectivity index (χ0v) is 10.0. The Bertz CT molecular complexity index is 196. The highest BCUT2D eigenvalue weighted by molar-refractivity contribution is 5.78. The second kappa shape index (κ2) is 6.11. The molecule has 1 fully saturated rings. The maximum Gasteiger partial charge on any atom is 0.226 e. The fourth-order valence-corrected chi connectivity index (χ4v) is 2.42. The van der Waals surface area contributed by atoms with E-state index in [1.54, 1.807) is 0 Å². The largest absolute Gasteiger partial charge is 0.345 e. The van der Waals surface area contributed by atoms with Crippen molar-refractivity contribution in [2.24, 2.45) is 17.6 Å². The minimum atomic E-state index is 0.0244. The van der Waals surface area contributed by atoms with Gasteiger partial charge in [-0.2, -0.15) is 0 Å². The third-order valence-electron chi connectivity index (χ3n) is 3.51. The van der Waals surface area contributed by atoms with Gasteiger partial charge >= 0.3 is 0 Å². The van der Waals surface area contributed by atoms with Gasteiger partial charge in [0.25, 0.3) is 0 Å². The lowest BCUT2D eigenvalue weighted by Gasteiger charge is -2.24. The molecule has 1 aliphatic carbocycles. The van der Waals surface area contributed by atoms with Gasteiger partial charge in [0.1, 0.15) is 0 Å². The van der Waals surface area contributed by atoms with Gasteiger partial charge in [-0.1, -0.05) is 19.8 Å². The monoisotopic (exact) mass is 212 g/mol. The highest BCUT2D eigenvalue weighted by Crippen LogP contribution is 2.25. The summed E-state index contributed by atoms with van der Waals surface area (Å²) in [4.78, 5) is 13.8. The van der Waals surface area contributed by atoms with E-state index in [1.807, 2.05) is 18.9 Å². The van der Waals surface area contributed by atoms with Crippen molar-refractivity contribution in [3.8, 4) is 0 Å². The van der Waals surface area contributed by atoms with Crippen LogP contribution in [-0.4, -0.2) is 30.9 Å². The molecule has 0 heterocycles. The van der Waals surface area contributed by atoms with E-state index in [2.05, 4.69) is 0 Å². The third kappa shape index (κ3) is 3.49. The van der Waals surface area contributed by atoms with E-state index in [1.165, 1.54) is 25.7 Å². The van der Waals surface area contributed by atoms with E-state index in [0.29, 0.717) is 6.54 Å². The predicted octanol–water partition coefficient (Wildman–Crippen LogP) is 1.62. The Morgan fingerprint density at radius 2 is 2.07 bits per heavy atom. The Balaban J connectivity index is 2.37. The van der Waals surface area contributed by atoms with Crippen LogP contribution in [0.5, 0.6) is 0 Å². The van der Waals surface area contributed by atoms with Crippen molar-refractivity contribution in [2.75, 3.05) is 20.1 Å². The molecule has 0 spiro atoms. The van der Waals surface area contributed by atoms with Crippen LogP contribution in [-0.2, 0) is 4.79 Å². The number of rotatable bonds is 5. The molecule has 0 radical (unpaired) electrons. The Hall–Kier alpha value is -0.570. The van der Waals surface area contributed by atoms with E-state index in [9.17, 15) is 4.79 Å². The molecule has 0 saturated heterocycles. The maximum absolute atomic E-state index is 11.9. The molecular formula is C12H24N2O.